The number of benzene rings is 1. The van der Waals surface area contributed by atoms with E-state index in [9.17, 15) is 13.6 Å². The van der Waals surface area contributed by atoms with Gasteiger partial charge >= 0.3 is 0 Å². The number of carbonyl (C=O) groups excluding carboxylic acids is 1. The molecular formula is C13H15F2NOS. The minimum atomic E-state index is -2.50. The lowest BCUT2D eigenvalue weighted by atomic mass is 10.2. The zero-order valence-corrected chi connectivity index (χ0v) is 11.1. The monoisotopic (exact) mass is 271 g/mol. The summed E-state index contributed by atoms with van der Waals surface area (Å²) in [5, 5.41) is 2.64. The first-order chi connectivity index (χ1) is 8.54. The van der Waals surface area contributed by atoms with Gasteiger partial charge in [-0.1, -0.05) is 36.9 Å². The van der Waals surface area contributed by atoms with E-state index in [-0.39, 0.29) is 5.91 Å². The van der Waals surface area contributed by atoms with E-state index in [1.807, 2.05) is 6.92 Å². The molecule has 0 aliphatic carbocycles. The zero-order valence-electron chi connectivity index (χ0n) is 10.2. The summed E-state index contributed by atoms with van der Waals surface area (Å²) in [7, 11) is 0. The third-order valence-electron chi connectivity index (χ3n) is 2.22. The molecule has 98 valence electrons. The van der Waals surface area contributed by atoms with Gasteiger partial charge in [-0.05, 0) is 25.5 Å². The fraction of sp³-hybridized carbons (Fsp3) is 0.308. The minimum absolute atomic E-state index is 0.265. The van der Waals surface area contributed by atoms with Crippen molar-refractivity contribution in [3.63, 3.8) is 0 Å². The molecule has 1 rings (SSSR count). The minimum Gasteiger partial charge on any atom is -0.321 e. The number of thioether (sulfide) groups is 1. The lowest BCUT2D eigenvalue weighted by Crippen LogP contribution is -2.13. The fourth-order valence-electron chi connectivity index (χ4n) is 1.39. The van der Waals surface area contributed by atoms with E-state index in [0.717, 1.165) is 6.42 Å². The maximum Gasteiger partial charge on any atom is 0.288 e. The van der Waals surface area contributed by atoms with Crippen LogP contribution in [-0.2, 0) is 4.79 Å². The van der Waals surface area contributed by atoms with Gasteiger partial charge < -0.3 is 5.32 Å². The number of carbonyl (C=O) groups is 1. The van der Waals surface area contributed by atoms with Gasteiger partial charge in [0, 0.05) is 10.5 Å². The van der Waals surface area contributed by atoms with Crippen LogP contribution in [0.4, 0.5) is 14.5 Å². The number of amides is 1. The highest BCUT2D eigenvalue weighted by atomic mass is 32.2. The van der Waals surface area contributed by atoms with Gasteiger partial charge in [0.1, 0.15) is 0 Å². The lowest BCUT2D eigenvalue weighted by Gasteiger charge is -2.10. The van der Waals surface area contributed by atoms with Crippen LogP contribution in [0.5, 0.6) is 0 Å². The molecular weight excluding hydrogens is 256 g/mol. The summed E-state index contributed by atoms with van der Waals surface area (Å²) in [4.78, 5) is 12.1. The van der Waals surface area contributed by atoms with E-state index >= 15 is 0 Å². The molecule has 1 N–H and O–H groups in total. The highest BCUT2D eigenvalue weighted by Crippen LogP contribution is 2.31. The van der Waals surface area contributed by atoms with Gasteiger partial charge in [0.15, 0.2) is 0 Å². The predicted molar refractivity (Wildman–Crippen MR) is 71.0 cm³/mol. The fourth-order valence-corrected chi connectivity index (χ4v) is 1.98. The van der Waals surface area contributed by atoms with Crippen LogP contribution < -0.4 is 5.32 Å². The molecule has 0 spiro atoms. The van der Waals surface area contributed by atoms with Gasteiger partial charge in [0.2, 0.25) is 0 Å². The molecule has 0 radical (unpaired) electrons. The Morgan fingerprint density at radius 1 is 1.44 bits per heavy atom. The van der Waals surface area contributed by atoms with Crippen molar-refractivity contribution in [1.29, 1.82) is 0 Å². The van der Waals surface area contributed by atoms with Crippen LogP contribution in [0, 0.1) is 0 Å². The van der Waals surface area contributed by atoms with Crippen molar-refractivity contribution in [3.05, 3.63) is 35.9 Å². The van der Waals surface area contributed by atoms with Crippen molar-refractivity contribution in [2.75, 3.05) is 5.32 Å². The Kier molecular flexibility index (Phi) is 5.85. The number of nitrogens with one attached hydrogen (secondary N) is 1. The maximum absolute atomic E-state index is 12.4. The SMILES string of the molecule is CCC=C(C)C(=O)Nc1ccccc1SC(F)F. The van der Waals surface area contributed by atoms with E-state index < -0.39 is 5.76 Å². The molecule has 1 amide bonds. The second-order valence-corrected chi connectivity index (χ2v) is 4.66. The zero-order chi connectivity index (χ0) is 13.5. The van der Waals surface area contributed by atoms with Crippen LogP contribution >= 0.6 is 11.8 Å². The predicted octanol–water partition coefficient (Wildman–Crippen LogP) is 4.30. The number of para-hydroxylation sites is 1. The number of rotatable bonds is 5. The third kappa shape index (κ3) is 4.49. The summed E-state index contributed by atoms with van der Waals surface area (Å²) < 4.78 is 24.7. The molecule has 0 saturated carbocycles. The molecule has 5 heteroatoms. The largest absolute Gasteiger partial charge is 0.321 e. The molecule has 18 heavy (non-hydrogen) atoms. The van der Waals surface area contributed by atoms with Crippen LogP contribution in [-0.4, -0.2) is 11.7 Å². The Balaban J connectivity index is 2.84. The van der Waals surface area contributed by atoms with E-state index in [1.54, 1.807) is 37.3 Å². The molecule has 1 aromatic rings. The number of anilines is 1. The van der Waals surface area contributed by atoms with Crippen molar-refractivity contribution in [2.45, 2.75) is 30.9 Å². The van der Waals surface area contributed by atoms with Crippen molar-refractivity contribution in [2.24, 2.45) is 0 Å². The summed E-state index contributed by atoms with van der Waals surface area (Å²) in [5.41, 5.74) is 0.992. The Labute approximate surface area is 109 Å². The van der Waals surface area contributed by atoms with Gasteiger partial charge in [0.25, 0.3) is 11.7 Å². The quantitative estimate of drug-likeness (QED) is 0.639. The molecule has 0 fully saturated rings. The molecule has 0 aliphatic heterocycles. The average molecular weight is 271 g/mol. The van der Waals surface area contributed by atoms with Gasteiger partial charge in [-0.15, -0.1) is 0 Å². The highest BCUT2D eigenvalue weighted by Gasteiger charge is 2.12. The first-order valence-electron chi connectivity index (χ1n) is 5.56. The van der Waals surface area contributed by atoms with Crippen molar-refractivity contribution in [1.82, 2.24) is 0 Å². The number of alkyl halides is 2. The van der Waals surface area contributed by atoms with E-state index in [4.69, 9.17) is 0 Å². The molecule has 0 atom stereocenters. The summed E-state index contributed by atoms with van der Waals surface area (Å²) in [6.07, 6.45) is 2.55. The van der Waals surface area contributed by atoms with Crippen LogP contribution in [0.25, 0.3) is 0 Å². The normalized spacial score (nSPS) is 11.7. The van der Waals surface area contributed by atoms with Crippen LogP contribution in [0.15, 0.2) is 40.8 Å². The average Bonchev–Trinajstić information content (AvgIpc) is 2.31. The molecule has 0 aromatic heterocycles. The van der Waals surface area contributed by atoms with E-state index in [1.165, 1.54) is 0 Å². The first-order valence-corrected chi connectivity index (χ1v) is 6.44. The van der Waals surface area contributed by atoms with Gasteiger partial charge in [-0.2, -0.15) is 8.78 Å². The molecule has 2 nitrogen and oxygen atoms in total. The number of hydrogen-bond acceptors (Lipinski definition) is 2. The first kappa shape index (κ1) is 14.7. The number of halogens is 2. The molecule has 0 unspecified atom stereocenters. The molecule has 0 aliphatic rings. The van der Waals surface area contributed by atoms with Crippen LogP contribution in [0.2, 0.25) is 0 Å². The van der Waals surface area contributed by atoms with Crippen molar-refractivity contribution in [3.8, 4) is 0 Å². The Hall–Kier alpha value is -1.36. The topological polar surface area (TPSA) is 29.1 Å². The van der Waals surface area contributed by atoms with Crippen molar-refractivity contribution < 1.29 is 13.6 Å². The smallest absolute Gasteiger partial charge is 0.288 e. The maximum atomic E-state index is 12.4. The van der Waals surface area contributed by atoms with Crippen LogP contribution in [0.1, 0.15) is 20.3 Å². The van der Waals surface area contributed by atoms with Gasteiger partial charge in [0.05, 0.1) is 5.69 Å². The summed E-state index contributed by atoms with van der Waals surface area (Å²) in [5.74, 6) is -2.77. The van der Waals surface area contributed by atoms with E-state index in [2.05, 4.69) is 5.32 Å². The third-order valence-corrected chi connectivity index (χ3v) is 3.01. The number of hydrogen-bond donors (Lipinski definition) is 1. The second-order valence-electron chi connectivity index (χ2n) is 3.62. The van der Waals surface area contributed by atoms with E-state index in [0.29, 0.717) is 27.9 Å². The highest BCUT2D eigenvalue weighted by molar-refractivity contribution is 7.99. The summed E-state index contributed by atoms with van der Waals surface area (Å²) >= 11 is 0.425. The summed E-state index contributed by atoms with van der Waals surface area (Å²) in [6, 6.07) is 6.53. The lowest BCUT2D eigenvalue weighted by molar-refractivity contribution is -0.112. The molecule has 0 saturated heterocycles. The number of allylic oxidation sites excluding steroid dienone is 1. The van der Waals surface area contributed by atoms with Gasteiger partial charge in [-0.3, -0.25) is 4.79 Å². The van der Waals surface area contributed by atoms with Gasteiger partial charge in [-0.25, -0.2) is 0 Å². The van der Waals surface area contributed by atoms with Crippen LogP contribution in [0.3, 0.4) is 0 Å². The Bertz CT molecular complexity index is 446. The molecule has 0 heterocycles. The Morgan fingerprint density at radius 2 is 2.11 bits per heavy atom. The summed E-state index contributed by atoms with van der Waals surface area (Å²) in [6.45, 7) is 3.62. The molecule has 0 bridgehead atoms. The molecule has 1 aromatic carbocycles. The second kappa shape index (κ2) is 7.16. The Morgan fingerprint density at radius 3 is 2.72 bits per heavy atom. The standard InChI is InChI=1S/C13H15F2NOS/c1-3-6-9(2)12(17)16-10-7-4-5-8-11(10)18-13(14)15/h4-8,13H,3H2,1-2H3,(H,16,17). The van der Waals surface area contributed by atoms with Crippen molar-refractivity contribution >= 4 is 23.4 Å².